The Morgan fingerprint density at radius 2 is 2.31 bits per heavy atom. The van der Waals surface area contributed by atoms with Crippen molar-refractivity contribution in [3.8, 4) is 0 Å². The molecule has 84 valence electrons. The van der Waals surface area contributed by atoms with Gasteiger partial charge in [-0.05, 0) is 13.8 Å². The lowest BCUT2D eigenvalue weighted by molar-refractivity contribution is 0.0524. The first-order chi connectivity index (χ1) is 7.65. The molecule has 0 aliphatic heterocycles. The van der Waals surface area contributed by atoms with Gasteiger partial charge in [-0.2, -0.15) is 5.10 Å². The predicted molar refractivity (Wildman–Crippen MR) is 57.4 cm³/mol. The number of aromatic amines is 2. The van der Waals surface area contributed by atoms with Crippen molar-refractivity contribution in [1.29, 1.82) is 0 Å². The molecule has 0 radical (unpaired) electrons. The number of nitrogens with one attached hydrogen (secondary N) is 2. The maximum atomic E-state index is 11.9. The molecule has 0 bridgehead atoms. The van der Waals surface area contributed by atoms with Gasteiger partial charge in [-0.1, -0.05) is 0 Å². The Morgan fingerprint density at radius 1 is 1.56 bits per heavy atom. The van der Waals surface area contributed by atoms with Crippen molar-refractivity contribution in [2.45, 2.75) is 13.8 Å². The number of hydrogen-bond acceptors (Lipinski definition) is 4. The molecule has 0 aliphatic carbocycles. The second kappa shape index (κ2) is 3.80. The van der Waals surface area contributed by atoms with Gasteiger partial charge in [-0.25, -0.2) is 4.79 Å². The van der Waals surface area contributed by atoms with E-state index in [2.05, 4.69) is 15.2 Å². The number of pyridine rings is 1. The molecule has 0 amide bonds. The highest BCUT2D eigenvalue weighted by Crippen LogP contribution is 2.08. The minimum atomic E-state index is -0.619. The summed E-state index contributed by atoms with van der Waals surface area (Å²) in [4.78, 5) is 26.2. The van der Waals surface area contributed by atoms with Gasteiger partial charge < -0.3 is 9.72 Å². The van der Waals surface area contributed by atoms with Crippen LogP contribution in [0.3, 0.4) is 0 Å². The number of aromatic nitrogens is 3. The van der Waals surface area contributed by atoms with Crippen LogP contribution in [0.1, 0.15) is 23.0 Å². The number of aryl methyl sites for hydroxylation is 1. The van der Waals surface area contributed by atoms with Crippen LogP contribution in [-0.2, 0) is 4.74 Å². The molecule has 0 atom stereocenters. The molecule has 2 rings (SSSR count). The van der Waals surface area contributed by atoms with Crippen molar-refractivity contribution in [3.63, 3.8) is 0 Å². The topological polar surface area (TPSA) is 87.8 Å². The summed E-state index contributed by atoms with van der Waals surface area (Å²) in [6, 6.07) is 0. The summed E-state index contributed by atoms with van der Waals surface area (Å²) in [5.74, 6) is -0.619. The Morgan fingerprint density at radius 3 is 3.00 bits per heavy atom. The molecule has 0 fully saturated rings. The summed E-state index contributed by atoms with van der Waals surface area (Å²) in [6.45, 7) is 3.65. The monoisotopic (exact) mass is 221 g/mol. The standard InChI is InChI=1S/C10H11N3O3/c1-3-16-10(15)6-4-11-9-7(8(6)14)5(2)12-13-9/h4H,3H2,1-2H3,(H2,11,12,13,14). The van der Waals surface area contributed by atoms with Crippen molar-refractivity contribution in [3.05, 3.63) is 27.7 Å². The van der Waals surface area contributed by atoms with Gasteiger partial charge >= 0.3 is 5.97 Å². The largest absolute Gasteiger partial charge is 0.462 e. The van der Waals surface area contributed by atoms with E-state index >= 15 is 0 Å². The Balaban J connectivity index is 2.64. The van der Waals surface area contributed by atoms with Crippen LogP contribution in [0.2, 0.25) is 0 Å². The zero-order valence-corrected chi connectivity index (χ0v) is 8.96. The lowest BCUT2D eigenvalue weighted by Gasteiger charge is -2.00. The molecule has 6 heteroatoms. The predicted octanol–water partition coefficient (Wildman–Crippen LogP) is 0.736. The maximum Gasteiger partial charge on any atom is 0.343 e. The third kappa shape index (κ3) is 1.48. The molecular weight excluding hydrogens is 210 g/mol. The van der Waals surface area contributed by atoms with Crippen LogP contribution < -0.4 is 5.43 Å². The zero-order chi connectivity index (χ0) is 11.7. The number of nitrogens with zero attached hydrogens (tertiary/aromatic N) is 1. The molecule has 0 aliphatic rings. The number of carbonyl (C=O) groups is 1. The molecule has 2 aromatic heterocycles. The fourth-order valence-corrected chi connectivity index (χ4v) is 1.51. The van der Waals surface area contributed by atoms with E-state index in [1.807, 2.05) is 0 Å². The summed E-state index contributed by atoms with van der Waals surface area (Å²) in [5, 5.41) is 6.97. The highest BCUT2D eigenvalue weighted by atomic mass is 16.5. The Hall–Kier alpha value is -2.11. The molecule has 0 aromatic carbocycles. The van der Waals surface area contributed by atoms with Gasteiger partial charge in [0.2, 0.25) is 5.43 Å². The number of hydrogen-bond donors (Lipinski definition) is 2. The molecule has 2 N–H and O–H groups in total. The van der Waals surface area contributed by atoms with Gasteiger partial charge in [-0.15, -0.1) is 0 Å². The van der Waals surface area contributed by atoms with Gasteiger partial charge in [0.15, 0.2) is 5.65 Å². The lowest BCUT2D eigenvalue weighted by Crippen LogP contribution is -2.18. The SMILES string of the molecule is CCOC(=O)c1c[nH]c2n[nH]c(C)c2c1=O. The van der Waals surface area contributed by atoms with Gasteiger partial charge in [-0.3, -0.25) is 9.89 Å². The van der Waals surface area contributed by atoms with Crippen molar-refractivity contribution >= 4 is 17.0 Å². The highest BCUT2D eigenvalue weighted by molar-refractivity contribution is 5.93. The molecule has 0 saturated heterocycles. The summed E-state index contributed by atoms with van der Waals surface area (Å²) in [6.07, 6.45) is 1.32. The molecule has 2 heterocycles. The fraction of sp³-hybridized carbons (Fsp3) is 0.300. The first-order valence-corrected chi connectivity index (χ1v) is 4.88. The summed E-state index contributed by atoms with van der Waals surface area (Å²) < 4.78 is 4.78. The van der Waals surface area contributed by atoms with Crippen molar-refractivity contribution in [2.75, 3.05) is 6.61 Å². The van der Waals surface area contributed by atoms with Crippen molar-refractivity contribution < 1.29 is 9.53 Å². The zero-order valence-electron chi connectivity index (χ0n) is 8.96. The second-order valence-corrected chi connectivity index (χ2v) is 3.32. The van der Waals surface area contributed by atoms with Crippen LogP contribution in [0.15, 0.2) is 11.0 Å². The lowest BCUT2D eigenvalue weighted by atomic mass is 10.2. The number of fused-ring (bicyclic) bond motifs is 1. The van der Waals surface area contributed by atoms with E-state index in [0.717, 1.165) is 0 Å². The van der Waals surface area contributed by atoms with Crippen molar-refractivity contribution in [1.82, 2.24) is 15.2 Å². The third-order valence-electron chi connectivity index (χ3n) is 2.27. The first-order valence-electron chi connectivity index (χ1n) is 4.88. The van der Waals surface area contributed by atoms with E-state index in [9.17, 15) is 9.59 Å². The van der Waals surface area contributed by atoms with E-state index in [0.29, 0.717) is 16.7 Å². The van der Waals surface area contributed by atoms with E-state index in [1.165, 1.54) is 6.20 Å². The Kier molecular flexibility index (Phi) is 2.47. The van der Waals surface area contributed by atoms with Gasteiger partial charge in [0.05, 0.1) is 12.0 Å². The summed E-state index contributed by atoms with van der Waals surface area (Å²) in [7, 11) is 0. The molecule has 16 heavy (non-hydrogen) atoms. The molecular formula is C10H11N3O3. The smallest absolute Gasteiger partial charge is 0.343 e. The van der Waals surface area contributed by atoms with E-state index in [1.54, 1.807) is 13.8 Å². The minimum Gasteiger partial charge on any atom is -0.462 e. The van der Waals surface area contributed by atoms with E-state index in [-0.39, 0.29) is 17.6 Å². The van der Waals surface area contributed by atoms with Crippen molar-refractivity contribution in [2.24, 2.45) is 0 Å². The quantitative estimate of drug-likeness (QED) is 0.732. The van der Waals surface area contributed by atoms with Crippen LogP contribution in [0.25, 0.3) is 11.0 Å². The van der Waals surface area contributed by atoms with Crippen LogP contribution in [0, 0.1) is 6.92 Å². The highest BCUT2D eigenvalue weighted by Gasteiger charge is 2.16. The molecule has 2 aromatic rings. The van der Waals surface area contributed by atoms with Crippen LogP contribution >= 0.6 is 0 Å². The second-order valence-electron chi connectivity index (χ2n) is 3.32. The summed E-state index contributed by atoms with van der Waals surface area (Å²) in [5.41, 5.74) is 0.704. The van der Waals surface area contributed by atoms with E-state index < -0.39 is 5.97 Å². The first kappa shape index (κ1) is 10.4. The van der Waals surface area contributed by atoms with Crippen LogP contribution in [0.4, 0.5) is 0 Å². The number of carbonyl (C=O) groups excluding carboxylic acids is 1. The average molecular weight is 221 g/mol. The number of rotatable bonds is 2. The normalized spacial score (nSPS) is 10.6. The molecule has 0 spiro atoms. The molecule has 6 nitrogen and oxygen atoms in total. The fourth-order valence-electron chi connectivity index (χ4n) is 1.51. The minimum absolute atomic E-state index is 0.00106. The number of esters is 1. The summed E-state index contributed by atoms with van der Waals surface area (Å²) >= 11 is 0. The van der Waals surface area contributed by atoms with Crippen LogP contribution in [-0.4, -0.2) is 27.8 Å². The average Bonchev–Trinajstić information content (AvgIpc) is 2.62. The Bertz CT molecular complexity index is 597. The number of H-pyrrole nitrogens is 2. The van der Waals surface area contributed by atoms with Gasteiger partial charge in [0.1, 0.15) is 5.56 Å². The Labute approximate surface area is 90.6 Å². The molecule has 0 saturated carbocycles. The van der Waals surface area contributed by atoms with E-state index in [4.69, 9.17) is 4.74 Å². The van der Waals surface area contributed by atoms with Gasteiger partial charge in [0, 0.05) is 11.9 Å². The van der Waals surface area contributed by atoms with Gasteiger partial charge in [0.25, 0.3) is 0 Å². The third-order valence-corrected chi connectivity index (χ3v) is 2.27. The van der Waals surface area contributed by atoms with Crippen LogP contribution in [0.5, 0.6) is 0 Å². The maximum absolute atomic E-state index is 11.9. The molecule has 0 unspecified atom stereocenters. The number of ether oxygens (including phenoxy) is 1.